The van der Waals surface area contributed by atoms with Crippen LogP contribution in [0.15, 0.2) is 78.9 Å². The van der Waals surface area contributed by atoms with Crippen LogP contribution in [-0.4, -0.2) is 22.9 Å². The van der Waals surface area contributed by atoms with Crippen molar-refractivity contribution in [2.45, 2.75) is 13.5 Å². The van der Waals surface area contributed by atoms with Crippen LogP contribution in [0, 0.1) is 17.0 Å². The minimum absolute atomic E-state index is 0.0317. The monoisotopic (exact) mass is 469 g/mol. The number of rotatable bonds is 8. The first-order chi connectivity index (χ1) is 16.9. The third-order valence-electron chi connectivity index (χ3n) is 5.66. The molecule has 0 aliphatic heterocycles. The highest BCUT2D eigenvalue weighted by atomic mass is 16.6. The number of ether oxygens (including phenoxy) is 2. The second-order valence-electron chi connectivity index (χ2n) is 7.95. The third-order valence-corrected chi connectivity index (χ3v) is 5.66. The molecule has 0 atom stereocenters. The number of hydrogen-bond donors (Lipinski definition) is 1. The number of carbonyl (C=O) groups is 1. The molecule has 0 saturated carbocycles. The summed E-state index contributed by atoms with van der Waals surface area (Å²) in [6, 6.07) is 20.7. The summed E-state index contributed by atoms with van der Waals surface area (Å²) in [5, 5.41) is 23.0. The van der Waals surface area contributed by atoms with Crippen molar-refractivity contribution < 1.29 is 24.3 Å². The maximum atomic E-state index is 12.8. The van der Waals surface area contributed by atoms with Crippen LogP contribution in [0.25, 0.3) is 16.8 Å². The molecule has 7 heteroatoms. The van der Waals surface area contributed by atoms with Gasteiger partial charge >= 0.3 is 0 Å². The van der Waals surface area contributed by atoms with E-state index >= 15 is 0 Å². The number of aromatic hydroxyl groups is 1. The smallest absolute Gasteiger partial charge is 0.272 e. The summed E-state index contributed by atoms with van der Waals surface area (Å²) in [5.41, 5.74) is 2.26. The van der Waals surface area contributed by atoms with E-state index in [0.29, 0.717) is 22.4 Å². The van der Waals surface area contributed by atoms with Crippen LogP contribution < -0.4 is 9.47 Å². The van der Waals surface area contributed by atoms with Crippen LogP contribution >= 0.6 is 0 Å². The summed E-state index contributed by atoms with van der Waals surface area (Å²) >= 11 is 0. The molecule has 35 heavy (non-hydrogen) atoms. The number of hydrogen-bond acceptors (Lipinski definition) is 6. The Morgan fingerprint density at radius 2 is 1.86 bits per heavy atom. The van der Waals surface area contributed by atoms with Gasteiger partial charge in [0.25, 0.3) is 5.69 Å². The number of nitro benzene ring substituents is 1. The van der Waals surface area contributed by atoms with Gasteiger partial charge in [-0.3, -0.25) is 14.9 Å². The lowest BCUT2D eigenvalue weighted by molar-refractivity contribution is -0.385. The van der Waals surface area contributed by atoms with Crippen LogP contribution in [0.3, 0.4) is 0 Å². The van der Waals surface area contributed by atoms with Gasteiger partial charge in [0, 0.05) is 22.6 Å². The van der Waals surface area contributed by atoms with E-state index in [1.165, 1.54) is 12.1 Å². The molecule has 0 aliphatic rings. The zero-order chi connectivity index (χ0) is 24.9. The first-order valence-electron chi connectivity index (χ1n) is 10.8. The van der Waals surface area contributed by atoms with Crippen LogP contribution in [0.2, 0.25) is 0 Å². The van der Waals surface area contributed by atoms with E-state index < -0.39 is 4.92 Å². The Balaban J connectivity index is 1.52. The van der Waals surface area contributed by atoms with Crippen molar-refractivity contribution in [2.24, 2.45) is 0 Å². The molecule has 0 saturated heterocycles. The van der Waals surface area contributed by atoms with Gasteiger partial charge < -0.3 is 14.6 Å². The van der Waals surface area contributed by atoms with Gasteiger partial charge in [-0.1, -0.05) is 42.5 Å². The van der Waals surface area contributed by atoms with Gasteiger partial charge in [0.05, 0.1) is 17.6 Å². The molecule has 4 aromatic rings. The van der Waals surface area contributed by atoms with E-state index in [1.807, 2.05) is 30.3 Å². The summed E-state index contributed by atoms with van der Waals surface area (Å²) in [4.78, 5) is 23.3. The van der Waals surface area contributed by atoms with Crippen molar-refractivity contribution in [3.8, 4) is 17.2 Å². The average molecular weight is 469 g/mol. The molecular formula is C28H23NO6. The normalized spacial score (nSPS) is 11.0. The van der Waals surface area contributed by atoms with E-state index in [-0.39, 0.29) is 29.4 Å². The molecule has 176 valence electrons. The zero-order valence-electron chi connectivity index (χ0n) is 19.2. The number of methoxy groups -OCH3 is 1. The molecule has 0 fully saturated rings. The number of aryl methyl sites for hydroxylation is 1. The second-order valence-corrected chi connectivity index (χ2v) is 7.95. The van der Waals surface area contributed by atoms with E-state index in [0.717, 1.165) is 16.5 Å². The number of benzene rings is 4. The molecule has 7 nitrogen and oxygen atoms in total. The molecule has 4 aromatic carbocycles. The Hall–Kier alpha value is -4.65. The fourth-order valence-corrected chi connectivity index (χ4v) is 3.81. The maximum absolute atomic E-state index is 12.8. The third kappa shape index (κ3) is 5.14. The summed E-state index contributed by atoms with van der Waals surface area (Å²) in [7, 11) is 1.55. The predicted molar refractivity (Wildman–Crippen MR) is 134 cm³/mol. The molecule has 1 N–H and O–H groups in total. The molecule has 0 unspecified atom stereocenters. The van der Waals surface area contributed by atoms with Crippen LogP contribution in [0.5, 0.6) is 17.2 Å². The van der Waals surface area contributed by atoms with Gasteiger partial charge in [-0.2, -0.15) is 0 Å². The Bertz CT molecular complexity index is 1460. The van der Waals surface area contributed by atoms with E-state index in [4.69, 9.17) is 9.47 Å². The molecule has 4 rings (SSSR count). The van der Waals surface area contributed by atoms with Gasteiger partial charge in [-0.15, -0.1) is 0 Å². The maximum Gasteiger partial charge on any atom is 0.272 e. The van der Waals surface area contributed by atoms with E-state index in [9.17, 15) is 20.0 Å². The minimum Gasteiger partial charge on any atom is -0.507 e. The minimum atomic E-state index is -0.434. The van der Waals surface area contributed by atoms with Crippen LogP contribution in [-0.2, 0) is 6.61 Å². The summed E-state index contributed by atoms with van der Waals surface area (Å²) < 4.78 is 11.3. The predicted octanol–water partition coefficient (Wildman–Crippen LogP) is 6.25. The van der Waals surface area contributed by atoms with Crippen molar-refractivity contribution in [2.75, 3.05) is 7.11 Å². The number of allylic oxidation sites excluding steroid dienone is 1. The standard InChI is InChI=1S/C28H23NO6/c1-18-15-22(10-12-25(18)29(32)33)35-17-21-16-19(8-14-27(21)34-2)7-13-26(30)24-11-9-20-5-3-4-6-23(20)28(24)31/h3-16,31H,17H2,1-2H3. The van der Waals surface area contributed by atoms with Crippen molar-refractivity contribution in [1.82, 2.24) is 0 Å². The Kier molecular flexibility index (Phi) is 6.78. The molecule has 0 heterocycles. The topological polar surface area (TPSA) is 98.9 Å². The number of fused-ring (bicyclic) bond motifs is 1. The van der Waals surface area contributed by atoms with Gasteiger partial charge in [0.2, 0.25) is 0 Å². The number of nitrogens with zero attached hydrogens (tertiary/aromatic N) is 1. The highest BCUT2D eigenvalue weighted by molar-refractivity contribution is 6.11. The molecular weight excluding hydrogens is 446 g/mol. The molecule has 0 amide bonds. The summed E-state index contributed by atoms with van der Waals surface area (Å²) in [6.07, 6.45) is 3.08. The highest BCUT2D eigenvalue weighted by Crippen LogP contribution is 2.30. The Morgan fingerprint density at radius 1 is 1.06 bits per heavy atom. The second kappa shape index (κ2) is 10.1. The number of ketones is 1. The van der Waals surface area contributed by atoms with E-state index in [1.54, 1.807) is 56.5 Å². The lowest BCUT2D eigenvalue weighted by atomic mass is 10.0. The van der Waals surface area contributed by atoms with Crippen molar-refractivity contribution >= 4 is 28.3 Å². The number of phenols is 1. The summed E-state index contributed by atoms with van der Waals surface area (Å²) in [5.74, 6) is 0.750. The molecule has 0 bridgehead atoms. The number of nitro groups is 1. The van der Waals surface area contributed by atoms with Gasteiger partial charge in [-0.05, 0) is 54.3 Å². The number of phenolic OH excluding ortho intramolecular Hbond substituents is 1. The van der Waals surface area contributed by atoms with Crippen molar-refractivity contribution in [3.63, 3.8) is 0 Å². The lowest BCUT2D eigenvalue weighted by Gasteiger charge is -2.12. The Labute approximate surface area is 202 Å². The average Bonchev–Trinajstić information content (AvgIpc) is 2.86. The first kappa shape index (κ1) is 23.5. The number of carbonyl (C=O) groups excluding carboxylic acids is 1. The van der Waals surface area contributed by atoms with Crippen LogP contribution in [0.4, 0.5) is 5.69 Å². The lowest BCUT2D eigenvalue weighted by Crippen LogP contribution is -2.00. The van der Waals surface area contributed by atoms with Gasteiger partial charge in [-0.25, -0.2) is 0 Å². The highest BCUT2D eigenvalue weighted by Gasteiger charge is 2.13. The summed E-state index contributed by atoms with van der Waals surface area (Å²) in [6.45, 7) is 1.82. The van der Waals surface area contributed by atoms with Gasteiger partial charge in [0.1, 0.15) is 23.9 Å². The van der Waals surface area contributed by atoms with Crippen LogP contribution in [0.1, 0.15) is 27.0 Å². The Morgan fingerprint density at radius 3 is 2.60 bits per heavy atom. The first-order valence-corrected chi connectivity index (χ1v) is 10.8. The largest absolute Gasteiger partial charge is 0.507 e. The molecule has 0 aromatic heterocycles. The van der Waals surface area contributed by atoms with E-state index in [2.05, 4.69) is 0 Å². The SMILES string of the molecule is COc1ccc(C=CC(=O)c2ccc3ccccc3c2O)cc1COc1ccc([N+](=O)[O-])c(C)c1. The van der Waals surface area contributed by atoms with Crippen molar-refractivity contribution in [1.29, 1.82) is 0 Å². The molecule has 0 aliphatic carbocycles. The quantitative estimate of drug-likeness (QED) is 0.142. The molecule has 0 spiro atoms. The van der Waals surface area contributed by atoms with Gasteiger partial charge in [0.15, 0.2) is 5.78 Å². The molecule has 0 radical (unpaired) electrons. The fourth-order valence-electron chi connectivity index (χ4n) is 3.81. The van der Waals surface area contributed by atoms with Crippen molar-refractivity contribution in [3.05, 3.63) is 111 Å². The zero-order valence-corrected chi connectivity index (χ0v) is 19.2. The fraction of sp³-hybridized carbons (Fsp3) is 0.107.